The number of aryl methyl sites for hydroxylation is 2. The van der Waals surface area contributed by atoms with Gasteiger partial charge in [0.15, 0.2) is 0 Å². The molecule has 3 N–H and O–H groups in total. The van der Waals surface area contributed by atoms with Crippen molar-refractivity contribution in [1.82, 2.24) is 20.4 Å². The second-order valence-electron chi connectivity index (χ2n) is 8.95. The van der Waals surface area contributed by atoms with E-state index >= 15 is 0 Å². The Balaban J connectivity index is 1.42. The van der Waals surface area contributed by atoms with Crippen molar-refractivity contribution in [3.8, 4) is 21.6 Å². The number of nitrogens with zero attached hydrogens (tertiary/aromatic N) is 2. The van der Waals surface area contributed by atoms with Crippen molar-refractivity contribution in [3.63, 3.8) is 0 Å². The molecule has 1 atom stereocenters. The summed E-state index contributed by atoms with van der Waals surface area (Å²) in [7, 11) is 1.92. The van der Waals surface area contributed by atoms with Crippen molar-refractivity contribution in [3.05, 3.63) is 83.0 Å². The van der Waals surface area contributed by atoms with Gasteiger partial charge in [0.05, 0.1) is 18.3 Å². The Labute approximate surface area is 204 Å². The topological polar surface area (TPSA) is 71.0 Å². The fourth-order valence-corrected chi connectivity index (χ4v) is 4.88. The lowest BCUT2D eigenvalue weighted by molar-refractivity contribution is 0.0939. The number of thiophene rings is 1. The van der Waals surface area contributed by atoms with Crippen LogP contribution in [0.5, 0.6) is 0 Å². The van der Waals surface area contributed by atoms with Crippen LogP contribution in [0.1, 0.15) is 34.5 Å². The van der Waals surface area contributed by atoms with E-state index in [4.69, 9.17) is 0 Å². The highest BCUT2D eigenvalue weighted by atomic mass is 32.1. The van der Waals surface area contributed by atoms with Gasteiger partial charge in [-0.05, 0) is 77.9 Å². The van der Waals surface area contributed by atoms with E-state index in [1.807, 2.05) is 56.2 Å². The molecule has 1 aliphatic rings. The summed E-state index contributed by atoms with van der Waals surface area (Å²) in [5.74, 6) is -0.0650. The van der Waals surface area contributed by atoms with E-state index in [1.165, 1.54) is 4.88 Å². The molecule has 34 heavy (non-hydrogen) atoms. The molecule has 1 aliphatic heterocycles. The Hall–Kier alpha value is -3.42. The maximum atomic E-state index is 13.3. The van der Waals surface area contributed by atoms with Crippen molar-refractivity contribution >= 4 is 22.9 Å². The zero-order valence-electron chi connectivity index (χ0n) is 19.6. The summed E-state index contributed by atoms with van der Waals surface area (Å²) < 4.78 is 1.81. The zero-order valence-corrected chi connectivity index (χ0v) is 20.4. The number of hydrogen-bond donors (Lipinski definition) is 3. The molecule has 1 unspecified atom stereocenters. The van der Waals surface area contributed by atoms with Gasteiger partial charge in [0, 0.05) is 48.0 Å². The van der Waals surface area contributed by atoms with E-state index in [0.29, 0.717) is 11.6 Å². The lowest BCUT2D eigenvalue weighted by atomic mass is 9.97. The average Bonchev–Trinajstić information content (AvgIpc) is 3.49. The molecule has 4 aromatic rings. The zero-order chi connectivity index (χ0) is 23.7. The number of rotatable bonds is 7. The second-order valence-corrected chi connectivity index (χ2v) is 9.90. The molecule has 7 heteroatoms. The molecule has 0 bridgehead atoms. The lowest BCUT2D eigenvalue weighted by Crippen LogP contribution is -2.51. The largest absolute Gasteiger partial charge is 0.380 e. The minimum absolute atomic E-state index is 0.0650. The van der Waals surface area contributed by atoms with E-state index in [2.05, 4.69) is 56.8 Å². The number of benzene rings is 2. The third-order valence-electron chi connectivity index (χ3n) is 6.28. The summed E-state index contributed by atoms with van der Waals surface area (Å²) in [6, 6.07) is 17.0. The van der Waals surface area contributed by atoms with E-state index in [-0.39, 0.29) is 11.9 Å². The standard InChI is InChI=1S/C27H29N5OS/c1-17-6-7-23(31-24-14-28-15-24)12-25(17)27(33)30-18(2)19-9-20(22-13-29-32(3)16-22)11-21(10-19)26-5-4-8-34-26/h4-13,16,18,24,28,31H,14-15H2,1-3H3,(H,30,33). The molecule has 6 nitrogen and oxygen atoms in total. The van der Waals surface area contributed by atoms with Crippen LogP contribution in [-0.2, 0) is 7.05 Å². The smallest absolute Gasteiger partial charge is 0.252 e. The summed E-state index contributed by atoms with van der Waals surface area (Å²) in [4.78, 5) is 14.5. The Kier molecular flexibility index (Phi) is 6.22. The van der Waals surface area contributed by atoms with Crippen molar-refractivity contribution in [2.45, 2.75) is 25.9 Å². The molecule has 0 aliphatic carbocycles. The summed E-state index contributed by atoms with van der Waals surface area (Å²) in [5.41, 5.74) is 6.99. The molecule has 1 fully saturated rings. The van der Waals surface area contributed by atoms with Gasteiger partial charge in [-0.25, -0.2) is 0 Å². The summed E-state index contributed by atoms with van der Waals surface area (Å²) >= 11 is 1.71. The first-order valence-electron chi connectivity index (χ1n) is 11.5. The number of aromatic nitrogens is 2. The van der Waals surface area contributed by atoms with Gasteiger partial charge in [-0.2, -0.15) is 5.10 Å². The Morgan fingerprint density at radius 1 is 1.15 bits per heavy atom. The highest BCUT2D eigenvalue weighted by Crippen LogP contribution is 2.33. The van der Waals surface area contributed by atoms with Gasteiger partial charge in [0.25, 0.3) is 5.91 Å². The molecule has 0 radical (unpaired) electrons. The van der Waals surface area contributed by atoms with Crippen LogP contribution in [0.2, 0.25) is 0 Å². The van der Waals surface area contributed by atoms with Crippen LogP contribution in [0.15, 0.2) is 66.3 Å². The van der Waals surface area contributed by atoms with Gasteiger partial charge in [-0.3, -0.25) is 9.48 Å². The second kappa shape index (κ2) is 9.44. The third kappa shape index (κ3) is 4.76. The van der Waals surface area contributed by atoms with Crippen molar-refractivity contribution < 1.29 is 4.79 Å². The molecule has 0 saturated carbocycles. The van der Waals surface area contributed by atoms with E-state index in [1.54, 1.807) is 11.3 Å². The van der Waals surface area contributed by atoms with Crippen LogP contribution in [0, 0.1) is 6.92 Å². The summed E-state index contributed by atoms with van der Waals surface area (Å²) in [6.45, 7) is 5.92. The minimum atomic E-state index is -0.158. The van der Waals surface area contributed by atoms with Crippen molar-refractivity contribution in [1.29, 1.82) is 0 Å². The molecular formula is C27H29N5OS. The first-order valence-corrected chi connectivity index (χ1v) is 12.4. The van der Waals surface area contributed by atoms with E-state index in [0.717, 1.165) is 46.6 Å². The first-order chi connectivity index (χ1) is 16.5. The fourth-order valence-electron chi connectivity index (χ4n) is 4.16. The molecular weight excluding hydrogens is 442 g/mol. The van der Waals surface area contributed by atoms with Crippen molar-refractivity contribution in [2.24, 2.45) is 7.05 Å². The molecule has 5 rings (SSSR count). The molecule has 3 heterocycles. The fraction of sp³-hybridized carbons (Fsp3) is 0.259. The number of anilines is 1. The molecule has 0 spiro atoms. The number of carbonyl (C=O) groups excluding carboxylic acids is 1. The Morgan fingerprint density at radius 3 is 2.65 bits per heavy atom. The normalized spacial score (nSPS) is 14.4. The van der Waals surface area contributed by atoms with Crippen LogP contribution in [0.3, 0.4) is 0 Å². The van der Waals surface area contributed by atoms with Gasteiger partial charge in [-0.15, -0.1) is 11.3 Å². The minimum Gasteiger partial charge on any atom is -0.380 e. The SMILES string of the molecule is Cc1ccc(NC2CNC2)cc1C(=O)NC(C)c1cc(-c2cnn(C)c2)cc(-c2cccs2)c1. The molecule has 1 amide bonds. The van der Waals surface area contributed by atoms with Crippen LogP contribution in [0.25, 0.3) is 21.6 Å². The Morgan fingerprint density at radius 2 is 1.97 bits per heavy atom. The predicted molar refractivity (Wildman–Crippen MR) is 139 cm³/mol. The molecule has 1 saturated heterocycles. The van der Waals surface area contributed by atoms with Gasteiger partial charge in [0.1, 0.15) is 0 Å². The first kappa shape index (κ1) is 22.4. The lowest BCUT2D eigenvalue weighted by Gasteiger charge is -2.29. The average molecular weight is 472 g/mol. The summed E-state index contributed by atoms with van der Waals surface area (Å²) in [5, 5.41) is 16.4. The highest BCUT2D eigenvalue weighted by molar-refractivity contribution is 7.13. The summed E-state index contributed by atoms with van der Waals surface area (Å²) in [6.07, 6.45) is 3.89. The van der Waals surface area contributed by atoms with Crippen molar-refractivity contribution in [2.75, 3.05) is 18.4 Å². The molecule has 174 valence electrons. The maximum Gasteiger partial charge on any atom is 0.252 e. The van der Waals surface area contributed by atoms with E-state index < -0.39 is 0 Å². The monoisotopic (exact) mass is 471 g/mol. The third-order valence-corrected chi connectivity index (χ3v) is 7.20. The number of amides is 1. The Bertz CT molecular complexity index is 1310. The highest BCUT2D eigenvalue weighted by Gasteiger charge is 2.19. The molecule has 2 aromatic carbocycles. The molecule has 2 aromatic heterocycles. The van der Waals surface area contributed by atoms with E-state index in [9.17, 15) is 4.79 Å². The number of carbonyl (C=O) groups is 1. The van der Waals surface area contributed by atoms with Crippen LogP contribution in [0.4, 0.5) is 5.69 Å². The van der Waals surface area contributed by atoms with Crippen LogP contribution in [-0.4, -0.2) is 34.8 Å². The van der Waals surface area contributed by atoms with Gasteiger partial charge in [-0.1, -0.05) is 12.1 Å². The quantitative estimate of drug-likeness (QED) is 0.355. The van der Waals surface area contributed by atoms with Gasteiger partial charge < -0.3 is 16.0 Å². The number of hydrogen-bond acceptors (Lipinski definition) is 5. The van der Waals surface area contributed by atoms with Gasteiger partial charge in [0.2, 0.25) is 0 Å². The van der Waals surface area contributed by atoms with Crippen LogP contribution < -0.4 is 16.0 Å². The number of nitrogens with one attached hydrogen (secondary N) is 3. The van der Waals surface area contributed by atoms with Crippen LogP contribution >= 0.6 is 11.3 Å². The maximum absolute atomic E-state index is 13.3. The van der Waals surface area contributed by atoms with Gasteiger partial charge >= 0.3 is 0 Å². The predicted octanol–water partition coefficient (Wildman–Crippen LogP) is 5.00.